The predicted octanol–water partition coefficient (Wildman–Crippen LogP) is 2.85. The maximum atomic E-state index is 11.8. The van der Waals surface area contributed by atoms with E-state index < -0.39 is 0 Å². The van der Waals surface area contributed by atoms with Crippen molar-refractivity contribution in [2.45, 2.75) is 71.0 Å². The number of aliphatic hydroxyl groups is 2. The summed E-state index contributed by atoms with van der Waals surface area (Å²) >= 11 is 0. The van der Waals surface area contributed by atoms with Crippen LogP contribution >= 0.6 is 0 Å². The van der Waals surface area contributed by atoms with E-state index in [1.165, 1.54) is 5.57 Å². The van der Waals surface area contributed by atoms with Gasteiger partial charge in [-0.1, -0.05) is 19.4 Å². The lowest BCUT2D eigenvalue weighted by Crippen LogP contribution is -2.57. The number of aliphatic hydroxyl groups excluding tert-OH is 2. The van der Waals surface area contributed by atoms with Crippen molar-refractivity contribution in [3.05, 3.63) is 11.6 Å². The second kappa shape index (κ2) is 4.67. The van der Waals surface area contributed by atoms with Crippen LogP contribution in [-0.2, 0) is 4.79 Å². The molecule has 0 aromatic heterocycles. The Labute approximate surface area is 132 Å². The molecule has 22 heavy (non-hydrogen) atoms. The minimum atomic E-state index is -0.346. The van der Waals surface area contributed by atoms with Gasteiger partial charge in [-0.2, -0.15) is 0 Å². The molecule has 4 rings (SSSR count). The van der Waals surface area contributed by atoms with Gasteiger partial charge in [-0.3, -0.25) is 4.79 Å². The minimum absolute atomic E-state index is 0.00881. The van der Waals surface area contributed by atoms with Crippen molar-refractivity contribution in [1.82, 2.24) is 0 Å². The van der Waals surface area contributed by atoms with Crippen molar-refractivity contribution in [3.63, 3.8) is 0 Å². The monoisotopic (exact) mass is 304 g/mol. The van der Waals surface area contributed by atoms with Gasteiger partial charge in [-0.15, -0.1) is 0 Å². The van der Waals surface area contributed by atoms with Crippen LogP contribution in [0.25, 0.3) is 0 Å². The van der Waals surface area contributed by atoms with E-state index in [4.69, 9.17) is 0 Å². The molecule has 0 bridgehead atoms. The summed E-state index contributed by atoms with van der Waals surface area (Å²) in [5.74, 6) is 1.56. The third-order valence-electron chi connectivity index (χ3n) is 7.84. The lowest BCUT2D eigenvalue weighted by molar-refractivity contribution is -0.142. The van der Waals surface area contributed by atoms with E-state index in [1.54, 1.807) is 0 Å². The normalized spacial score (nSPS) is 54.3. The van der Waals surface area contributed by atoms with Crippen LogP contribution in [0, 0.1) is 28.6 Å². The summed E-state index contributed by atoms with van der Waals surface area (Å²) in [6, 6.07) is 0. The summed E-state index contributed by atoms with van der Waals surface area (Å²) in [6.45, 7) is 4.46. The Hall–Kier alpha value is -0.670. The largest absolute Gasteiger partial charge is 0.393 e. The first-order valence-electron chi connectivity index (χ1n) is 8.96. The molecule has 4 aliphatic carbocycles. The molecule has 4 aliphatic rings. The molecule has 0 unspecified atom stereocenters. The average Bonchev–Trinajstić information content (AvgIpc) is 2.75. The van der Waals surface area contributed by atoms with Gasteiger partial charge in [0.2, 0.25) is 0 Å². The number of allylic oxidation sites excluding steroid dienone is 1. The second-order valence-electron chi connectivity index (χ2n) is 8.76. The number of ketones is 1. The molecule has 3 heteroatoms. The maximum absolute atomic E-state index is 11.8. The van der Waals surface area contributed by atoms with Crippen LogP contribution in [0.5, 0.6) is 0 Å². The smallest absolute Gasteiger partial charge is 0.155 e. The standard InChI is InChI=1S/C19H28O3/c1-18-8-7-12(20)9-11(18)3-4-13-14-5-6-16(22)19(14,2)10-15(21)17(13)18/h9,13-17,21-22H,3-8,10H2,1-2H3/t13-,14-,15-,16-,17+,18+,19+/m1/s1. The first-order chi connectivity index (χ1) is 10.4. The van der Waals surface area contributed by atoms with E-state index in [1.807, 2.05) is 6.08 Å². The van der Waals surface area contributed by atoms with Crippen LogP contribution in [0.4, 0.5) is 0 Å². The number of carbonyl (C=O) groups is 1. The predicted molar refractivity (Wildman–Crippen MR) is 84.1 cm³/mol. The highest BCUT2D eigenvalue weighted by atomic mass is 16.3. The summed E-state index contributed by atoms with van der Waals surface area (Å²) in [5, 5.41) is 21.4. The van der Waals surface area contributed by atoms with Gasteiger partial charge in [0, 0.05) is 6.42 Å². The second-order valence-corrected chi connectivity index (χ2v) is 8.76. The molecular weight excluding hydrogens is 276 g/mol. The molecular formula is C19H28O3. The Kier molecular flexibility index (Phi) is 3.16. The van der Waals surface area contributed by atoms with E-state index in [0.717, 1.165) is 38.5 Å². The van der Waals surface area contributed by atoms with E-state index >= 15 is 0 Å². The number of rotatable bonds is 0. The highest BCUT2D eigenvalue weighted by molar-refractivity contribution is 5.91. The third-order valence-corrected chi connectivity index (χ3v) is 7.84. The van der Waals surface area contributed by atoms with E-state index in [2.05, 4.69) is 13.8 Å². The Morgan fingerprint density at radius 3 is 2.68 bits per heavy atom. The van der Waals surface area contributed by atoms with Crippen molar-refractivity contribution >= 4 is 5.78 Å². The molecule has 122 valence electrons. The molecule has 0 radical (unpaired) electrons. The Bertz CT molecular complexity index is 539. The summed E-state index contributed by atoms with van der Waals surface area (Å²) in [6.07, 6.45) is 7.56. The summed E-state index contributed by atoms with van der Waals surface area (Å²) in [4.78, 5) is 11.8. The van der Waals surface area contributed by atoms with Gasteiger partial charge in [0.25, 0.3) is 0 Å². The fourth-order valence-corrected chi connectivity index (χ4v) is 6.66. The van der Waals surface area contributed by atoms with Gasteiger partial charge in [-0.05, 0) is 73.2 Å². The van der Waals surface area contributed by atoms with Crippen molar-refractivity contribution in [2.75, 3.05) is 0 Å². The lowest BCUT2D eigenvalue weighted by atomic mass is 9.46. The zero-order chi connectivity index (χ0) is 15.7. The molecule has 7 atom stereocenters. The topological polar surface area (TPSA) is 57.5 Å². The summed E-state index contributed by atoms with van der Waals surface area (Å²) in [5.41, 5.74) is 1.17. The minimum Gasteiger partial charge on any atom is -0.393 e. The van der Waals surface area contributed by atoms with Gasteiger partial charge in [0.05, 0.1) is 12.2 Å². The molecule has 0 aromatic carbocycles. The SMILES string of the molecule is C[C@]12C[C@@H](O)[C@@H]3[C@H](CCC4=CC(=O)CC[C@@]43C)[C@H]1CC[C@H]2O. The molecule has 2 N–H and O–H groups in total. The fraction of sp³-hybridized carbons (Fsp3) is 0.842. The highest BCUT2D eigenvalue weighted by Crippen LogP contribution is 2.65. The van der Waals surface area contributed by atoms with E-state index in [9.17, 15) is 15.0 Å². The van der Waals surface area contributed by atoms with Crippen molar-refractivity contribution in [1.29, 1.82) is 0 Å². The lowest BCUT2D eigenvalue weighted by Gasteiger charge is -2.59. The fourth-order valence-electron chi connectivity index (χ4n) is 6.66. The van der Waals surface area contributed by atoms with Crippen LogP contribution in [0.1, 0.15) is 58.8 Å². The van der Waals surface area contributed by atoms with Gasteiger partial charge in [0.15, 0.2) is 5.78 Å². The number of hydrogen-bond acceptors (Lipinski definition) is 3. The Balaban J connectivity index is 1.74. The Morgan fingerprint density at radius 2 is 1.91 bits per heavy atom. The zero-order valence-electron chi connectivity index (χ0n) is 13.7. The number of fused-ring (bicyclic) bond motifs is 5. The van der Waals surface area contributed by atoms with Crippen molar-refractivity contribution in [3.8, 4) is 0 Å². The summed E-state index contributed by atoms with van der Waals surface area (Å²) < 4.78 is 0. The van der Waals surface area contributed by atoms with Crippen LogP contribution in [-0.4, -0.2) is 28.2 Å². The molecule has 0 aliphatic heterocycles. The van der Waals surface area contributed by atoms with Gasteiger partial charge >= 0.3 is 0 Å². The van der Waals surface area contributed by atoms with Crippen LogP contribution < -0.4 is 0 Å². The molecule has 3 saturated carbocycles. The van der Waals surface area contributed by atoms with E-state index in [0.29, 0.717) is 18.3 Å². The van der Waals surface area contributed by atoms with E-state index in [-0.39, 0.29) is 34.7 Å². The van der Waals surface area contributed by atoms with Crippen molar-refractivity contribution in [2.24, 2.45) is 28.6 Å². The van der Waals surface area contributed by atoms with Gasteiger partial charge < -0.3 is 10.2 Å². The van der Waals surface area contributed by atoms with Crippen molar-refractivity contribution < 1.29 is 15.0 Å². The molecule has 0 amide bonds. The summed E-state index contributed by atoms with van der Waals surface area (Å²) in [7, 11) is 0. The number of carbonyl (C=O) groups excluding carboxylic acids is 1. The molecule has 3 nitrogen and oxygen atoms in total. The maximum Gasteiger partial charge on any atom is 0.155 e. The zero-order valence-corrected chi connectivity index (χ0v) is 13.7. The average molecular weight is 304 g/mol. The van der Waals surface area contributed by atoms with Crippen LogP contribution in [0.3, 0.4) is 0 Å². The first kappa shape index (κ1) is 14.9. The third kappa shape index (κ3) is 1.78. The molecule has 0 spiro atoms. The first-order valence-corrected chi connectivity index (χ1v) is 8.96. The van der Waals surface area contributed by atoms with Gasteiger partial charge in [0.1, 0.15) is 0 Å². The van der Waals surface area contributed by atoms with Gasteiger partial charge in [-0.25, -0.2) is 0 Å². The van der Waals surface area contributed by atoms with Crippen LogP contribution in [0.2, 0.25) is 0 Å². The highest BCUT2D eigenvalue weighted by Gasteiger charge is 2.61. The molecule has 0 aromatic rings. The molecule has 0 heterocycles. The molecule has 0 saturated heterocycles. The number of hydrogen-bond donors (Lipinski definition) is 2. The molecule has 3 fully saturated rings. The Morgan fingerprint density at radius 1 is 1.14 bits per heavy atom. The quantitative estimate of drug-likeness (QED) is 0.723. The van der Waals surface area contributed by atoms with Crippen LogP contribution in [0.15, 0.2) is 11.6 Å².